The van der Waals surface area contributed by atoms with E-state index >= 15 is 0 Å². The number of carbonyl (C=O) groups is 1. The second-order valence-corrected chi connectivity index (χ2v) is 5.10. The Morgan fingerprint density at radius 3 is 2.67 bits per heavy atom. The van der Waals surface area contributed by atoms with Crippen molar-refractivity contribution in [1.29, 1.82) is 0 Å². The number of ether oxygens (including phenoxy) is 1. The monoisotopic (exact) mass is 292 g/mol. The molecule has 0 aromatic heterocycles. The second-order valence-electron chi connectivity index (χ2n) is 5.10. The van der Waals surface area contributed by atoms with Gasteiger partial charge in [-0.2, -0.15) is 0 Å². The quantitative estimate of drug-likeness (QED) is 0.848. The molecule has 0 spiro atoms. The summed E-state index contributed by atoms with van der Waals surface area (Å²) < 4.78 is 18.2. The molecule has 0 atom stereocenters. The second kappa shape index (κ2) is 7.78. The van der Waals surface area contributed by atoms with E-state index < -0.39 is 0 Å². The topological polar surface area (TPSA) is 41.6 Å². The van der Waals surface area contributed by atoms with Crippen LogP contribution in [0, 0.1) is 5.82 Å². The van der Waals surface area contributed by atoms with E-state index in [-0.39, 0.29) is 24.6 Å². The van der Waals surface area contributed by atoms with Gasteiger partial charge in [0.15, 0.2) is 0 Å². The summed E-state index contributed by atoms with van der Waals surface area (Å²) in [5.74, 6) is -0.298. The van der Waals surface area contributed by atoms with E-state index in [4.69, 9.17) is 4.74 Å². The molecule has 1 aromatic rings. The van der Waals surface area contributed by atoms with E-state index in [0.29, 0.717) is 6.54 Å². The first kappa shape index (κ1) is 15.5. The lowest BCUT2D eigenvalue weighted by Crippen LogP contribution is -2.46. The molecule has 0 aliphatic carbocycles. The molecule has 0 radical (unpaired) electrons. The Hall–Kier alpha value is -1.88. The number of benzene rings is 1. The van der Waals surface area contributed by atoms with Crippen molar-refractivity contribution < 1.29 is 13.9 Å². The van der Waals surface area contributed by atoms with Crippen molar-refractivity contribution in [3.05, 3.63) is 48.3 Å². The van der Waals surface area contributed by atoms with Crippen LogP contribution in [-0.2, 0) is 11.3 Å². The molecule has 114 valence electrons. The van der Waals surface area contributed by atoms with E-state index in [1.165, 1.54) is 12.1 Å². The van der Waals surface area contributed by atoms with E-state index in [1.54, 1.807) is 23.1 Å². The lowest BCUT2D eigenvalue weighted by molar-refractivity contribution is 0.0787. The summed E-state index contributed by atoms with van der Waals surface area (Å²) in [4.78, 5) is 14.0. The first-order valence-corrected chi connectivity index (χ1v) is 7.20. The van der Waals surface area contributed by atoms with Crippen molar-refractivity contribution in [2.45, 2.75) is 25.5 Å². The summed E-state index contributed by atoms with van der Waals surface area (Å²) in [6.45, 7) is 6.14. The number of halogens is 1. The molecular weight excluding hydrogens is 271 g/mol. The third-order valence-corrected chi connectivity index (χ3v) is 3.59. The van der Waals surface area contributed by atoms with E-state index in [0.717, 1.165) is 31.5 Å². The molecule has 0 unspecified atom stereocenters. The highest BCUT2D eigenvalue weighted by molar-refractivity contribution is 5.68. The van der Waals surface area contributed by atoms with Gasteiger partial charge in [-0.1, -0.05) is 18.2 Å². The fourth-order valence-electron chi connectivity index (χ4n) is 2.44. The molecule has 1 aromatic carbocycles. The van der Waals surface area contributed by atoms with Crippen molar-refractivity contribution >= 4 is 6.09 Å². The van der Waals surface area contributed by atoms with Crippen LogP contribution in [0.15, 0.2) is 36.9 Å². The zero-order valence-electron chi connectivity index (χ0n) is 12.1. The minimum atomic E-state index is -0.342. The summed E-state index contributed by atoms with van der Waals surface area (Å²) in [5, 5.41) is 3.27. The highest BCUT2D eigenvalue weighted by atomic mass is 19.1. The largest absolute Gasteiger partial charge is 0.445 e. The van der Waals surface area contributed by atoms with Gasteiger partial charge >= 0.3 is 6.09 Å². The molecule has 1 fully saturated rings. The fraction of sp³-hybridized carbons (Fsp3) is 0.438. The standard InChI is InChI=1S/C16H21FN2O2/c1-2-11-19(15-7-9-18-10-8-15)16(20)21-12-13-3-5-14(17)6-4-13/h2-6,15,18H,1,7-12H2. The van der Waals surface area contributed by atoms with Gasteiger partial charge in [0.25, 0.3) is 0 Å². The molecular formula is C16H21FN2O2. The van der Waals surface area contributed by atoms with Crippen LogP contribution in [0.3, 0.4) is 0 Å². The van der Waals surface area contributed by atoms with Gasteiger partial charge in [-0.15, -0.1) is 6.58 Å². The smallest absolute Gasteiger partial charge is 0.410 e. The minimum Gasteiger partial charge on any atom is -0.445 e. The maximum absolute atomic E-state index is 12.8. The first-order valence-electron chi connectivity index (χ1n) is 7.20. The van der Waals surface area contributed by atoms with Gasteiger partial charge in [-0.3, -0.25) is 0 Å². The number of rotatable bonds is 5. The molecule has 0 saturated carbocycles. The van der Waals surface area contributed by atoms with E-state index in [2.05, 4.69) is 11.9 Å². The number of hydrogen-bond acceptors (Lipinski definition) is 3. The number of piperidine rings is 1. The zero-order valence-corrected chi connectivity index (χ0v) is 12.1. The average molecular weight is 292 g/mol. The maximum Gasteiger partial charge on any atom is 0.410 e. The number of nitrogens with one attached hydrogen (secondary N) is 1. The highest BCUT2D eigenvalue weighted by Crippen LogP contribution is 2.14. The predicted octanol–water partition coefficient (Wildman–Crippen LogP) is 2.70. The lowest BCUT2D eigenvalue weighted by Gasteiger charge is -2.33. The Bertz CT molecular complexity index is 470. The van der Waals surface area contributed by atoms with E-state index in [9.17, 15) is 9.18 Å². The van der Waals surface area contributed by atoms with Crippen LogP contribution in [-0.4, -0.2) is 36.7 Å². The van der Waals surface area contributed by atoms with Crippen molar-refractivity contribution in [3.8, 4) is 0 Å². The van der Waals surface area contributed by atoms with Gasteiger partial charge in [0.2, 0.25) is 0 Å². The van der Waals surface area contributed by atoms with Gasteiger partial charge in [0.1, 0.15) is 12.4 Å². The van der Waals surface area contributed by atoms with Gasteiger partial charge in [-0.25, -0.2) is 9.18 Å². The minimum absolute atomic E-state index is 0.151. The Labute approximate surface area is 124 Å². The molecule has 0 bridgehead atoms. The first-order chi connectivity index (χ1) is 10.2. The van der Waals surface area contributed by atoms with Gasteiger partial charge in [0, 0.05) is 12.6 Å². The van der Waals surface area contributed by atoms with Gasteiger partial charge < -0.3 is 15.0 Å². The third kappa shape index (κ3) is 4.56. The molecule has 21 heavy (non-hydrogen) atoms. The molecule has 1 aliphatic heterocycles. The Morgan fingerprint density at radius 1 is 1.38 bits per heavy atom. The highest BCUT2D eigenvalue weighted by Gasteiger charge is 2.25. The average Bonchev–Trinajstić information content (AvgIpc) is 2.52. The Balaban J connectivity index is 1.91. The molecule has 1 N–H and O–H groups in total. The lowest BCUT2D eigenvalue weighted by atomic mass is 10.1. The number of amides is 1. The molecule has 4 nitrogen and oxygen atoms in total. The molecule has 1 saturated heterocycles. The van der Waals surface area contributed by atoms with Crippen molar-refractivity contribution in [2.24, 2.45) is 0 Å². The number of hydrogen-bond donors (Lipinski definition) is 1. The summed E-state index contributed by atoms with van der Waals surface area (Å²) >= 11 is 0. The SMILES string of the molecule is C=CCN(C(=O)OCc1ccc(F)cc1)C1CCNCC1. The Kier molecular flexibility index (Phi) is 5.75. The van der Waals surface area contributed by atoms with Gasteiger partial charge in [0.05, 0.1) is 0 Å². The van der Waals surface area contributed by atoms with Crippen LogP contribution in [0.25, 0.3) is 0 Å². The molecule has 1 heterocycles. The molecule has 5 heteroatoms. The van der Waals surface area contributed by atoms with Crippen molar-refractivity contribution in [3.63, 3.8) is 0 Å². The molecule has 2 rings (SSSR count). The van der Waals surface area contributed by atoms with Crippen LogP contribution in [0.2, 0.25) is 0 Å². The Morgan fingerprint density at radius 2 is 2.05 bits per heavy atom. The third-order valence-electron chi connectivity index (χ3n) is 3.59. The summed E-state index contributed by atoms with van der Waals surface area (Å²) in [6.07, 6.45) is 3.20. The number of carbonyl (C=O) groups excluding carboxylic acids is 1. The molecule has 1 aliphatic rings. The van der Waals surface area contributed by atoms with Crippen molar-refractivity contribution in [2.75, 3.05) is 19.6 Å². The maximum atomic E-state index is 12.8. The van der Waals surface area contributed by atoms with Crippen LogP contribution in [0.1, 0.15) is 18.4 Å². The van der Waals surface area contributed by atoms with Gasteiger partial charge in [-0.05, 0) is 43.6 Å². The van der Waals surface area contributed by atoms with Crippen molar-refractivity contribution in [1.82, 2.24) is 10.2 Å². The normalized spacial score (nSPS) is 15.5. The van der Waals surface area contributed by atoms with Crippen LogP contribution in [0.4, 0.5) is 9.18 Å². The predicted molar refractivity (Wildman–Crippen MR) is 79.4 cm³/mol. The van der Waals surface area contributed by atoms with Crippen LogP contribution in [0.5, 0.6) is 0 Å². The fourth-order valence-corrected chi connectivity index (χ4v) is 2.44. The molecule has 1 amide bonds. The summed E-state index contributed by atoms with van der Waals surface area (Å²) in [7, 11) is 0. The zero-order chi connectivity index (χ0) is 15.1. The number of nitrogens with zero attached hydrogens (tertiary/aromatic N) is 1. The van der Waals surface area contributed by atoms with Crippen LogP contribution >= 0.6 is 0 Å². The summed E-state index contributed by atoms with van der Waals surface area (Å²) in [6, 6.07) is 6.13. The summed E-state index contributed by atoms with van der Waals surface area (Å²) in [5.41, 5.74) is 0.772. The van der Waals surface area contributed by atoms with Crippen LogP contribution < -0.4 is 5.32 Å². The van der Waals surface area contributed by atoms with E-state index in [1.807, 2.05) is 0 Å².